The van der Waals surface area contributed by atoms with Gasteiger partial charge < -0.3 is 35.5 Å². The fourth-order valence-corrected chi connectivity index (χ4v) is 4.36. The Morgan fingerprint density at radius 3 is 2.52 bits per heavy atom. The highest BCUT2D eigenvalue weighted by molar-refractivity contribution is 5.99. The highest BCUT2D eigenvalue weighted by Crippen LogP contribution is 2.30. The molecule has 0 bridgehead atoms. The number of hydrogen-bond donors (Lipinski definition) is 4. The van der Waals surface area contributed by atoms with Crippen molar-refractivity contribution < 1.29 is 33.4 Å². The van der Waals surface area contributed by atoms with Crippen molar-refractivity contribution in [3.63, 3.8) is 0 Å². The van der Waals surface area contributed by atoms with E-state index in [1.54, 1.807) is 24.3 Å². The molecule has 2 aromatic rings. The summed E-state index contributed by atoms with van der Waals surface area (Å²) in [5.41, 5.74) is 1.21. The first kappa shape index (κ1) is 28.7. The van der Waals surface area contributed by atoms with Gasteiger partial charge in [-0.3, -0.25) is 19.2 Å². The van der Waals surface area contributed by atoms with Gasteiger partial charge in [0, 0.05) is 13.0 Å². The average Bonchev–Trinajstić information content (AvgIpc) is 2.95. The molecule has 214 valence electrons. The van der Waals surface area contributed by atoms with Gasteiger partial charge in [-0.25, -0.2) is 0 Å². The van der Waals surface area contributed by atoms with Crippen molar-refractivity contribution in [1.82, 2.24) is 21.3 Å². The van der Waals surface area contributed by atoms with Gasteiger partial charge in [0.25, 0.3) is 5.91 Å². The number of amides is 4. The van der Waals surface area contributed by atoms with E-state index < -0.39 is 23.8 Å². The highest BCUT2D eigenvalue weighted by Gasteiger charge is 2.25. The van der Waals surface area contributed by atoms with Gasteiger partial charge in [0.1, 0.15) is 31.6 Å². The first-order chi connectivity index (χ1) is 19.3. The molecule has 2 atom stereocenters. The van der Waals surface area contributed by atoms with Crippen molar-refractivity contribution in [2.24, 2.45) is 5.92 Å². The number of carbonyl (C=O) groups is 4. The maximum absolute atomic E-state index is 13.3. The Morgan fingerprint density at radius 2 is 1.73 bits per heavy atom. The van der Waals surface area contributed by atoms with Crippen molar-refractivity contribution in [1.29, 1.82) is 0 Å². The summed E-state index contributed by atoms with van der Waals surface area (Å²) < 4.78 is 17.1. The lowest BCUT2D eigenvalue weighted by Crippen LogP contribution is -2.48. The average molecular weight is 553 g/mol. The minimum Gasteiger partial charge on any atom is -0.491 e. The molecular weight excluding hydrogens is 516 g/mol. The first-order valence-corrected chi connectivity index (χ1v) is 13.5. The molecule has 0 aliphatic carbocycles. The van der Waals surface area contributed by atoms with Crippen LogP contribution in [0.15, 0.2) is 42.5 Å². The van der Waals surface area contributed by atoms with Crippen LogP contribution >= 0.6 is 0 Å². The van der Waals surface area contributed by atoms with E-state index in [1.807, 2.05) is 32.0 Å². The number of benzene rings is 2. The molecule has 0 spiro atoms. The van der Waals surface area contributed by atoms with Crippen LogP contribution in [0.1, 0.15) is 42.6 Å². The van der Waals surface area contributed by atoms with Crippen LogP contribution in [0.3, 0.4) is 0 Å². The Bertz CT molecular complexity index is 1230. The molecule has 0 aromatic heterocycles. The van der Waals surface area contributed by atoms with Gasteiger partial charge in [-0.15, -0.1) is 0 Å². The normalized spacial score (nSPS) is 20.0. The van der Waals surface area contributed by atoms with E-state index in [4.69, 9.17) is 14.2 Å². The summed E-state index contributed by atoms with van der Waals surface area (Å²) in [5.74, 6) is 0.0873. The standard InChI is InChI=1S/C29H36N4O7/c1-18(2)22-17-40-23-6-4-3-5-20(23)28(36)33-21(8-10-26(34)31-16-27(35)32-22)29(37)30-12-11-19-7-9-24-25(15-19)39-14-13-38-24/h3-7,9,15,18,21-22H,8,10-14,16-17H2,1-2H3,(H,30,37)(H,31,34)(H,32,35)(H,33,36)/t21-,22+/m0/s1. The lowest BCUT2D eigenvalue weighted by molar-refractivity contribution is -0.127. The zero-order valence-corrected chi connectivity index (χ0v) is 22.8. The van der Waals surface area contributed by atoms with E-state index in [9.17, 15) is 19.2 Å². The molecule has 0 saturated heterocycles. The molecule has 4 rings (SSSR count). The topological polar surface area (TPSA) is 144 Å². The lowest BCUT2D eigenvalue weighted by atomic mass is 10.1. The second-order valence-corrected chi connectivity index (χ2v) is 10.1. The molecule has 0 fully saturated rings. The molecule has 11 heteroatoms. The molecule has 11 nitrogen and oxygen atoms in total. The van der Waals surface area contributed by atoms with Crippen LogP contribution in [0.5, 0.6) is 17.2 Å². The third-order valence-electron chi connectivity index (χ3n) is 6.75. The summed E-state index contributed by atoms with van der Waals surface area (Å²) in [6, 6.07) is 11.0. The zero-order valence-electron chi connectivity index (χ0n) is 22.8. The lowest BCUT2D eigenvalue weighted by Gasteiger charge is -2.23. The Morgan fingerprint density at radius 1 is 0.950 bits per heavy atom. The van der Waals surface area contributed by atoms with Gasteiger partial charge >= 0.3 is 0 Å². The summed E-state index contributed by atoms with van der Waals surface area (Å²) >= 11 is 0. The SMILES string of the molecule is CC(C)[C@H]1COc2ccccc2C(=O)N[C@H](C(=O)NCCc2ccc3c(c2)OCCO3)CCC(=O)NCC(=O)N1. The molecule has 2 heterocycles. The second-order valence-electron chi connectivity index (χ2n) is 10.1. The van der Waals surface area contributed by atoms with E-state index in [2.05, 4.69) is 21.3 Å². The fourth-order valence-electron chi connectivity index (χ4n) is 4.36. The fraction of sp³-hybridized carbons (Fsp3) is 0.448. The largest absolute Gasteiger partial charge is 0.491 e. The number of hydrogen-bond acceptors (Lipinski definition) is 7. The second kappa shape index (κ2) is 13.7. The van der Waals surface area contributed by atoms with Crippen LogP contribution in [0.2, 0.25) is 0 Å². The van der Waals surface area contributed by atoms with Gasteiger partial charge in [0.15, 0.2) is 11.5 Å². The van der Waals surface area contributed by atoms with Crippen LogP contribution < -0.4 is 35.5 Å². The van der Waals surface area contributed by atoms with Crippen molar-refractivity contribution in [2.75, 3.05) is 32.9 Å². The predicted octanol–water partition coefficient (Wildman–Crippen LogP) is 1.34. The molecule has 0 unspecified atom stereocenters. The molecule has 0 radical (unpaired) electrons. The minimum absolute atomic E-state index is 0.0477. The Hall–Kier alpha value is -4.28. The Kier molecular flexibility index (Phi) is 9.82. The van der Waals surface area contributed by atoms with E-state index >= 15 is 0 Å². The molecule has 4 amide bonds. The van der Waals surface area contributed by atoms with Crippen LogP contribution in [-0.2, 0) is 20.8 Å². The van der Waals surface area contributed by atoms with E-state index in [0.717, 1.165) is 5.56 Å². The number of nitrogens with one attached hydrogen (secondary N) is 4. The summed E-state index contributed by atoms with van der Waals surface area (Å²) in [5, 5.41) is 11.1. The molecule has 0 saturated carbocycles. The quantitative estimate of drug-likeness (QED) is 0.438. The van der Waals surface area contributed by atoms with E-state index in [1.165, 1.54) is 0 Å². The van der Waals surface area contributed by atoms with Crippen molar-refractivity contribution in [3.8, 4) is 17.2 Å². The van der Waals surface area contributed by atoms with Gasteiger partial charge in [0.2, 0.25) is 17.7 Å². The van der Waals surface area contributed by atoms with Crippen molar-refractivity contribution in [3.05, 3.63) is 53.6 Å². The molecule has 4 N–H and O–H groups in total. The Balaban J connectivity index is 1.45. The number of rotatable bonds is 5. The van der Waals surface area contributed by atoms with Crippen LogP contribution in [0.25, 0.3) is 0 Å². The number of para-hydroxylation sites is 1. The maximum Gasteiger partial charge on any atom is 0.255 e. The van der Waals surface area contributed by atoms with Gasteiger partial charge in [-0.1, -0.05) is 32.0 Å². The molecule has 2 aliphatic rings. The molecule has 40 heavy (non-hydrogen) atoms. The number of ether oxygens (including phenoxy) is 3. The van der Waals surface area contributed by atoms with Crippen molar-refractivity contribution >= 4 is 23.6 Å². The predicted molar refractivity (Wildman–Crippen MR) is 146 cm³/mol. The minimum atomic E-state index is -0.978. The highest BCUT2D eigenvalue weighted by atomic mass is 16.6. The van der Waals surface area contributed by atoms with Gasteiger partial charge in [-0.05, 0) is 48.6 Å². The van der Waals surface area contributed by atoms with Gasteiger partial charge in [0.05, 0.1) is 18.2 Å². The third-order valence-corrected chi connectivity index (χ3v) is 6.75. The Labute approximate surface area is 233 Å². The third kappa shape index (κ3) is 7.87. The zero-order chi connectivity index (χ0) is 28.5. The van der Waals surface area contributed by atoms with E-state index in [-0.39, 0.29) is 49.4 Å². The summed E-state index contributed by atoms with van der Waals surface area (Å²) in [4.78, 5) is 51.3. The molecular formula is C29H36N4O7. The van der Waals surface area contributed by atoms with Crippen molar-refractivity contribution in [2.45, 2.75) is 45.2 Å². The van der Waals surface area contributed by atoms with E-state index in [0.29, 0.717) is 43.4 Å². The van der Waals surface area contributed by atoms with Crippen LogP contribution in [0.4, 0.5) is 0 Å². The van der Waals surface area contributed by atoms with Gasteiger partial charge in [-0.2, -0.15) is 0 Å². The van der Waals surface area contributed by atoms with Crippen LogP contribution in [-0.4, -0.2) is 68.6 Å². The monoisotopic (exact) mass is 552 g/mol. The summed E-state index contributed by atoms with van der Waals surface area (Å²) in [7, 11) is 0. The first-order valence-electron chi connectivity index (χ1n) is 13.5. The number of carbonyl (C=O) groups excluding carboxylic acids is 4. The molecule has 2 aliphatic heterocycles. The molecule has 2 aromatic carbocycles. The summed E-state index contributed by atoms with van der Waals surface area (Å²) in [6.45, 7) is 5.12. The maximum atomic E-state index is 13.3. The smallest absolute Gasteiger partial charge is 0.255 e. The van der Waals surface area contributed by atoms with Crippen LogP contribution in [0, 0.1) is 5.92 Å². The number of fused-ring (bicyclic) bond motifs is 2. The summed E-state index contributed by atoms with van der Waals surface area (Å²) in [6.07, 6.45) is 0.526.